The van der Waals surface area contributed by atoms with Crippen molar-refractivity contribution < 1.29 is 0 Å². The van der Waals surface area contributed by atoms with Gasteiger partial charge >= 0.3 is 0 Å². The molecule has 2 aromatic rings. The van der Waals surface area contributed by atoms with Crippen LogP contribution in [0.25, 0.3) is 11.0 Å². The Morgan fingerprint density at radius 1 is 1.43 bits per heavy atom. The van der Waals surface area contributed by atoms with Gasteiger partial charge in [0.25, 0.3) is 0 Å². The molecule has 0 fully saturated rings. The Labute approximate surface area is 83.0 Å². The number of rotatable bonds is 2. The molecule has 0 aliphatic rings. The van der Waals surface area contributed by atoms with Crippen LogP contribution in [0.2, 0.25) is 0 Å². The monoisotopic (exact) mass is 190 g/mol. The number of nitrogens with zero attached hydrogens (tertiary/aromatic N) is 3. The standard InChI is InChI=1S/C10H14N4/c1-7-8(5-14(2)3)10-9(13-7)4-11-6-12-10/h4,6,13H,5H2,1-3H3. The van der Waals surface area contributed by atoms with Crippen LogP contribution in [0.3, 0.4) is 0 Å². The van der Waals surface area contributed by atoms with E-state index in [1.165, 1.54) is 11.3 Å². The molecule has 0 atom stereocenters. The van der Waals surface area contributed by atoms with Crippen LogP contribution in [0.1, 0.15) is 11.3 Å². The quantitative estimate of drug-likeness (QED) is 0.777. The van der Waals surface area contributed by atoms with Crippen LogP contribution in [0, 0.1) is 6.92 Å². The average Bonchev–Trinajstić information content (AvgIpc) is 2.43. The highest BCUT2D eigenvalue weighted by Gasteiger charge is 2.09. The first-order chi connectivity index (χ1) is 6.68. The van der Waals surface area contributed by atoms with E-state index in [1.54, 1.807) is 6.33 Å². The highest BCUT2D eigenvalue weighted by molar-refractivity contribution is 5.79. The lowest BCUT2D eigenvalue weighted by Gasteiger charge is -2.08. The van der Waals surface area contributed by atoms with Gasteiger partial charge in [0.05, 0.1) is 17.2 Å². The molecule has 14 heavy (non-hydrogen) atoms. The maximum absolute atomic E-state index is 4.29. The molecule has 0 aliphatic carbocycles. The van der Waals surface area contributed by atoms with Gasteiger partial charge < -0.3 is 9.88 Å². The number of hydrogen-bond donors (Lipinski definition) is 1. The summed E-state index contributed by atoms with van der Waals surface area (Å²) in [5.41, 5.74) is 4.48. The predicted octanol–water partition coefficient (Wildman–Crippen LogP) is 1.33. The molecule has 4 heteroatoms. The highest BCUT2D eigenvalue weighted by atomic mass is 15.1. The summed E-state index contributed by atoms with van der Waals surface area (Å²) in [7, 11) is 4.11. The molecule has 2 aromatic heterocycles. The van der Waals surface area contributed by atoms with Crippen molar-refractivity contribution in [1.29, 1.82) is 0 Å². The zero-order chi connectivity index (χ0) is 10.1. The lowest BCUT2D eigenvalue weighted by Crippen LogP contribution is -2.11. The van der Waals surface area contributed by atoms with E-state index in [2.05, 4.69) is 40.9 Å². The number of fused-ring (bicyclic) bond motifs is 1. The first-order valence-electron chi connectivity index (χ1n) is 4.60. The third kappa shape index (κ3) is 1.48. The first-order valence-corrected chi connectivity index (χ1v) is 4.60. The minimum atomic E-state index is 0.906. The largest absolute Gasteiger partial charge is 0.356 e. The van der Waals surface area contributed by atoms with Gasteiger partial charge in [-0.05, 0) is 21.0 Å². The molecular formula is C10H14N4. The van der Waals surface area contributed by atoms with E-state index < -0.39 is 0 Å². The lowest BCUT2D eigenvalue weighted by atomic mass is 10.2. The molecule has 0 aliphatic heterocycles. The molecule has 1 N–H and O–H groups in total. The Morgan fingerprint density at radius 2 is 2.21 bits per heavy atom. The molecule has 74 valence electrons. The van der Waals surface area contributed by atoms with Crippen molar-refractivity contribution in [2.75, 3.05) is 14.1 Å². The molecule has 0 saturated heterocycles. The van der Waals surface area contributed by atoms with E-state index >= 15 is 0 Å². The Bertz CT molecular complexity index is 444. The van der Waals surface area contributed by atoms with Crippen molar-refractivity contribution in [3.8, 4) is 0 Å². The van der Waals surface area contributed by atoms with Gasteiger partial charge in [0.2, 0.25) is 0 Å². The Balaban J connectivity index is 2.56. The average molecular weight is 190 g/mol. The van der Waals surface area contributed by atoms with Crippen molar-refractivity contribution in [2.24, 2.45) is 0 Å². The fourth-order valence-electron chi connectivity index (χ4n) is 1.63. The number of H-pyrrole nitrogens is 1. The van der Waals surface area contributed by atoms with Gasteiger partial charge in [-0.1, -0.05) is 0 Å². The predicted molar refractivity (Wildman–Crippen MR) is 56.0 cm³/mol. The van der Waals surface area contributed by atoms with Gasteiger partial charge in [-0.25, -0.2) is 9.97 Å². The van der Waals surface area contributed by atoms with E-state index in [0.29, 0.717) is 0 Å². The SMILES string of the molecule is Cc1[nH]c2cncnc2c1CN(C)C. The Morgan fingerprint density at radius 3 is 2.93 bits per heavy atom. The summed E-state index contributed by atoms with van der Waals surface area (Å²) in [5.74, 6) is 0. The summed E-state index contributed by atoms with van der Waals surface area (Å²) in [4.78, 5) is 13.7. The van der Waals surface area contributed by atoms with Gasteiger partial charge in [-0.3, -0.25) is 0 Å². The summed E-state index contributed by atoms with van der Waals surface area (Å²) in [6.45, 7) is 2.98. The summed E-state index contributed by atoms with van der Waals surface area (Å²) in [6.07, 6.45) is 3.41. The van der Waals surface area contributed by atoms with E-state index in [4.69, 9.17) is 0 Å². The molecule has 0 bridgehead atoms. The first kappa shape index (κ1) is 9.15. The minimum Gasteiger partial charge on any atom is -0.356 e. The van der Waals surface area contributed by atoms with E-state index in [-0.39, 0.29) is 0 Å². The Kier molecular flexibility index (Phi) is 2.21. The van der Waals surface area contributed by atoms with Crippen LogP contribution >= 0.6 is 0 Å². The van der Waals surface area contributed by atoms with Crippen LogP contribution in [0.4, 0.5) is 0 Å². The zero-order valence-electron chi connectivity index (χ0n) is 8.70. The molecule has 2 rings (SSSR count). The topological polar surface area (TPSA) is 44.8 Å². The van der Waals surface area contributed by atoms with Gasteiger partial charge in [-0.2, -0.15) is 0 Å². The number of aryl methyl sites for hydroxylation is 1. The maximum Gasteiger partial charge on any atom is 0.116 e. The van der Waals surface area contributed by atoms with Crippen LogP contribution in [-0.2, 0) is 6.54 Å². The molecular weight excluding hydrogens is 176 g/mol. The van der Waals surface area contributed by atoms with Gasteiger partial charge in [0.15, 0.2) is 0 Å². The minimum absolute atomic E-state index is 0.906. The third-order valence-corrected chi connectivity index (χ3v) is 2.25. The van der Waals surface area contributed by atoms with Crippen molar-refractivity contribution in [3.63, 3.8) is 0 Å². The fraction of sp³-hybridized carbons (Fsp3) is 0.400. The number of nitrogens with one attached hydrogen (secondary N) is 1. The van der Waals surface area contributed by atoms with E-state index in [0.717, 1.165) is 17.6 Å². The van der Waals surface area contributed by atoms with Gasteiger partial charge in [-0.15, -0.1) is 0 Å². The molecule has 0 aromatic carbocycles. The fourth-order valence-corrected chi connectivity index (χ4v) is 1.63. The molecule has 0 unspecified atom stereocenters. The van der Waals surface area contributed by atoms with Crippen LogP contribution in [-0.4, -0.2) is 33.9 Å². The Hall–Kier alpha value is -1.42. The van der Waals surface area contributed by atoms with Crippen LogP contribution in [0.5, 0.6) is 0 Å². The van der Waals surface area contributed by atoms with E-state index in [9.17, 15) is 0 Å². The molecule has 0 radical (unpaired) electrons. The third-order valence-electron chi connectivity index (χ3n) is 2.25. The second-order valence-corrected chi connectivity index (χ2v) is 3.75. The molecule has 0 amide bonds. The number of aromatic amines is 1. The van der Waals surface area contributed by atoms with Crippen molar-refractivity contribution in [1.82, 2.24) is 19.9 Å². The van der Waals surface area contributed by atoms with Crippen LogP contribution < -0.4 is 0 Å². The van der Waals surface area contributed by atoms with E-state index in [1.807, 2.05) is 6.20 Å². The lowest BCUT2D eigenvalue weighted by molar-refractivity contribution is 0.403. The smallest absolute Gasteiger partial charge is 0.116 e. The summed E-state index contributed by atoms with van der Waals surface area (Å²) >= 11 is 0. The molecule has 0 saturated carbocycles. The summed E-state index contributed by atoms with van der Waals surface area (Å²) < 4.78 is 0. The normalized spacial score (nSPS) is 11.4. The van der Waals surface area contributed by atoms with Gasteiger partial charge in [0.1, 0.15) is 6.33 Å². The maximum atomic E-state index is 4.29. The second kappa shape index (κ2) is 3.38. The van der Waals surface area contributed by atoms with Crippen molar-refractivity contribution in [2.45, 2.75) is 13.5 Å². The van der Waals surface area contributed by atoms with Gasteiger partial charge in [0, 0.05) is 17.8 Å². The molecule has 0 spiro atoms. The summed E-state index contributed by atoms with van der Waals surface area (Å²) in [6, 6.07) is 0. The molecule has 4 nitrogen and oxygen atoms in total. The highest BCUT2D eigenvalue weighted by Crippen LogP contribution is 2.19. The van der Waals surface area contributed by atoms with Crippen molar-refractivity contribution in [3.05, 3.63) is 23.8 Å². The second-order valence-electron chi connectivity index (χ2n) is 3.75. The summed E-state index contributed by atoms with van der Waals surface area (Å²) in [5, 5.41) is 0. The van der Waals surface area contributed by atoms with Crippen molar-refractivity contribution >= 4 is 11.0 Å². The number of aromatic nitrogens is 3. The zero-order valence-corrected chi connectivity index (χ0v) is 8.70. The molecule has 2 heterocycles. The van der Waals surface area contributed by atoms with Crippen LogP contribution in [0.15, 0.2) is 12.5 Å². The number of hydrogen-bond acceptors (Lipinski definition) is 3.